The molecule has 1 N–H and O–H groups in total. The standard InChI is InChI=1S/C12H14N2O4/c15-11(16)10-4-7-14(10)12(17)18-8-5-9-3-1-2-6-13-9/h1-3,6,10H,4-5,7-8H2,(H,15,16). The summed E-state index contributed by atoms with van der Waals surface area (Å²) in [4.78, 5) is 27.6. The molecule has 1 aromatic rings. The number of amides is 1. The van der Waals surface area contributed by atoms with E-state index in [2.05, 4.69) is 4.98 Å². The summed E-state index contributed by atoms with van der Waals surface area (Å²) in [5.41, 5.74) is 0.837. The summed E-state index contributed by atoms with van der Waals surface area (Å²) >= 11 is 0. The summed E-state index contributed by atoms with van der Waals surface area (Å²) in [5.74, 6) is -0.983. The molecule has 0 aromatic carbocycles. The predicted molar refractivity (Wildman–Crippen MR) is 62.0 cm³/mol. The number of carboxylic acid groups (broad SMARTS) is 1. The van der Waals surface area contributed by atoms with Gasteiger partial charge in [-0.1, -0.05) is 6.07 Å². The zero-order chi connectivity index (χ0) is 13.0. The molecule has 0 saturated carbocycles. The zero-order valence-electron chi connectivity index (χ0n) is 9.78. The Morgan fingerprint density at radius 3 is 2.89 bits per heavy atom. The Kier molecular flexibility index (Phi) is 3.76. The molecular formula is C12H14N2O4. The molecular weight excluding hydrogens is 236 g/mol. The number of carbonyl (C=O) groups excluding carboxylic acids is 1. The fourth-order valence-electron chi connectivity index (χ4n) is 1.73. The van der Waals surface area contributed by atoms with E-state index in [4.69, 9.17) is 9.84 Å². The zero-order valence-corrected chi connectivity index (χ0v) is 9.78. The highest BCUT2D eigenvalue weighted by Gasteiger charge is 2.38. The monoisotopic (exact) mass is 250 g/mol. The van der Waals surface area contributed by atoms with E-state index in [1.54, 1.807) is 6.20 Å². The van der Waals surface area contributed by atoms with Crippen molar-refractivity contribution in [2.75, 3.05) is 13.2 Å². The molecule has 1 aliphatic rings. The molecule has 96 valence electrons. The fraction of sp³-hybridized carbons (Fsp3) is 0.417. The highest BCUT2D eigenvalue weighted by molar-refractivity contribution is 5.81. The number of pyridine rings is 1. The minimum absolute atomic E-state index is 0.207. The van der Waals surface area contributed by atoms with Gasteiger partial charge in [-0.25, -0.2) is 9.59 Å². The molecule has 18 heavy (non-hydrogen) atoms. The first kappa shape index (κ1) is 12.3. The Morgan fingerprint density at radius 1 is 1.50 bits per heavy atom. The number of carbonyl (C=O) groups is 2. The quantitative estimate of drug-likeness (QED) is 0.859. The first-order valence-electron chi connectivity index (χ1n) is 5.74. The van der Waals surface area contributed by atoms with Gasteiger partial charge in [0.1, 0.15) is 6.04 Å². The van der Waals surface area contributed by atoms with E-state index < -0.39 is 18.1 Å². The maximum atomic E-state index is 11.6. The molecule has 2 rings (SSSR count). The number of aromatic nitrogens is 1. The van der Waals surface area contributed by atoms with Gasteiger partial charge in [-0.15, -0.1) is 0 Å². The minimum Gasteiger partial charge on any atom is -0.480 e. The number of carboxylic acids is 1. The fourth-order valence-corrected chi connectivity index (χ4v) is 1.73. The van der Waals surface area contributed by atoms with Crippen molar-refractivity contribution in [1.29, 1.82) is 0 Å². The van der Waals surface area contributed by atoms with Crippen LogP contribution in [0.3, 0.4) is 0 Å². The Labute approximate surface area is 104 Å². The SMILES string of the molecule is O=C(O)C1CCN1C(=O)OCCc1ccccn1. The van der Waals surface area contributed by atoms with Gasteiger partial charge in [0, 0.05) is 24.9 Å². The van der Waals surface area contributed by atoms with Gasteiger partial charge in [-0.05, 0) is 18.6 Å². The maximum absolute atomic E-state index is 11.6. The minimum atomic E-state index is -0.983. The first-order valence-corrected chi connectivity index (χ1v) is 5.74. The third kappa shape index (κ3) is 2.77. The Balaban J connectivity index is 1.74. The van der Waals surface area contributed by atoms with E-state index in [0.29, 0.717) is 19.4 Å². The number of ether oxygens (including phenoxy) is 1. The molecule has 6 heteroatoms. The Bertz CT molecular complexity index is 435. The van der Waals surface area contributed by atoms with Crippen molar-refractivity contribution in [3.05, 3.63) is 30.1 Å². The second-order valence-electron chi connectivity index (χ2n) is 4.02. The van der Waals surface area contributed by atoms with Gasteiger partial charge in [-0.2, -0.15) is 0 Å². The molecule has 0 radical (unpaired) electrons. The summed E-state index contributed by atoms with van der Waals surface area (Å²) in [6, 6.07) is 4.79. The van der Waals surface area contributed by atoms with Crippen LogP contribution >= 0.6 is 0 Å². The first-order chi connectivity index (χ1) is 8.68. The van der Waals surface area contributed by atoms with Crippen LogP contribution in [0.25, 0.3) is 0 Å². The molecule has 1 saturated heterocycles. The summed E-state index contributed by atoms with van der Waals surface area (Å²) < 4.78 is 5.01. The third-order valence-electron chi connectivity index (χ3n) is 2.85. The lowest BCUT2D eigenvalue weighted by molar-refractivity contribution is -0.146. The highest BCUT2D eigenvalue weighted by atomic mass is 16.6. The van der Waals surface area contributed by atoms with E-state index in [0.717, 1.165) is 5.69 Å². The van der Waals surface area contributed by atoms with E-state index in [1.165, 1.54) is 4.90 Å². The van der Waals surface area contributed by atoms with Crippen LogP contribution in [0.5, 0.6) is 0 Å². The van der Waals surface area contributed by atoms with Crippen molar-refractivity contribution < 1.29 is 19.4 Å². The van der Waals surface area contributed by atoms with Crippen molar-refractivity contribution in [3.63, 3.8) is 0 Å². The van der Waals surface area contributed by atoms with Crippen molar-refractivity contribution in [1.82, 2.24) is 9.88 Å². The number of nitrogens with zero attached hydrogens (tertiary/aromatic N) is 2. The Hall–Kier alpha value is -2.11. The largest absolute Gasteiger partial charge is 0.480 e. The number of hydrogen-bond acceptors (Lipinski definition) is 4. The van der Waals surface area contributed by atoms with E-state index in [-0.39, 0.29) is 6.61 Å². The van der Waals surface area contributed by atoms with Gasteiger partial charge in [-0.3, -0.25) is 9.88 Å². The number of aliphatic carboxylic acids is 1. The maximum Gasteiger partial charge on any atom is 0.410 e. The van der Waals surface area contributed by atoms with Crippen molar-refractivity contribution >= 4 is 12.1 Å². The normalized spacial score (nSPS) is 18.0. The third-order valence-corrected chi connectivity index (χ3v) is 2.85. The molecule has 0 aliphatic carbocycles. The van der Waals surface area contributed by atoms with Gasteiger partial charge in [0.05, 0.1) is 6.61 Å². The van der Waals surface area contributed by atoms with Crippen molar-refractivity contribution in [2.45, 2.75) is 18.9 Å². The molecule has 1 atom stereocenters. The van der Waals surface area contributed by atoms with Crippen LogP contribution in [0.1, 0.15) is 12.1 Å². The topological polar surface area (TPSA) is 79.7 Å². The van der Waals surface area contributed by atoms with Gasteiger partial charge in [0.25, 0.3) is 0 Å². The predicted octanol–water partition coefficient (Wildman–Crippen LogP) is 0.920. The number of rotatable bonds is 4. The Morgan fingerprint density at radius 2 is 2.33 bits per heavy atom. The second-order valence-corrected chi connectivity index (χ2v) is 4.02. The molecule has 1 aromatic heterocycles. The van der Waals surface area contributed by atoms with Gasteiger partial charge < -0.3 is 9.84 Å². The molecule has 0 spiro atoms. The van der Waals surface area contributed by atoms with Crippen molar-refractivity contribution in [2.24, 2.45) is 0 Å². The summed E-state index contributed by atoms with van der Waals surface area (Å²) in [5, 5.41) is 8.80. The summed E-state index contributed by atoms with van der Waals surface area (Å²) in [7, 11) is 0. The van der Waals surface area contributed by atoms with E-state index in [1.807, 2.05) is 18.2 Å². The molecule has 2 heterocycles. The smallest absolute Gasteiger partial charge is 0.410 e. The molecule has 1 aliphatic heterocycles. The van der Waals surface area contributed by atoms with Crippen LogP contribution in [0.15, 0.2) is 24.4 Å². The van der Waals surface area contributed by atoms with Crippen LogP contribution in [-0.2, 0) is 16.0 Å². The van der Waals surface area contributed by atoms with Crippen LogP contribution in [0, 0.1) is 0 Å². The number of likely N-dealkylation sites (tertiary alicyclic amines) is 1. The summed E-state index contributed by atoms with van der Waals surface area (Å²) in [6.45, 7) is 0.651. The highest BCUT2D eigenvalue weighted by Crippen LogP contribution is 2.18. The number of hydrogen-bond donors (Lipinski definition) is 1. The molecule has 6 nitrogen and oxygen atoms in total. The average molecular weight is 250 g/mol. The lowest BCUT2D eigenvalue weighted by atomic mass is 10.1. The van der Waals surface area contributed by atoms with E-state index in [9.17, 15) is 9.59 Å². The van der Waals surface area contributed by atoms with Gasteiger partial charge >= 0.3 is 12.1 Å². The average Bonchev–Trinajstić information content (AvgIpc) is 2.28. The summed E-state index contributed by atoms with van der Waals surface area (Å²) in [6.07, 6.45) is 2.13. The van der Waals surface area contributed by atoms with E-state index >= 15 is 0 Å². The van der Waals surface area contributed by atoms with Crippen LogP contribution < -0.4 is 0 Å². The lowest BCUT2D eigenvalue weighted by Crippen LogP contribution is -2.55. The molecule has 0 bridgehead atoms. The molecule has 1 amide bonds. The second kappa shape index (κ2) is 5.48. The van der Waals surface area contributed by atoms with Gasteiger partial charge in [0.2, 0.25) is 0 Å². The lowest BCUT2D eigenvalue weighted by Gasteiger charge is -2.36. The van der Waals surface area contributed by atoms with Gasteiger partial charge in [0.15, 0.2) is 0 Å². The molecule has 1 fully saturated rings. The van der Waals surface area contributed by atoms with Crippen LogP contribution in [0.4, 0.5) is 4.79 Å². The molecule has 1 unspecified atom stereocenters. The van der Waals surface area contributed by atoms with Crippen LogP contribution in [0.2, 0.25) is 0 Å². The van der Waals surface area contributed by atoms with Crippen molar-refractivity contribution in [3.8, 4) is 0 Å². The van der Waals surface area contributed by atoms with Crippen LogP contribution in [-0.4, -0.2) is 46.2 Å².